The number of anilines is 1. The molecule has 0 saturated heterocycles. The zero-order valence-electron chi connectivity index (χ0n) is 7.18. The van der Waals surface area contributed by atoms with Crippen LogP contribution >= 0.6 is 0 Å². The standard InChI is InChI=1S/C9H9F2NO/c1-12-2-3-13-9-7(11)4-6(10)5-8(9)12/h4-5H,2-3H2,1H3. The van der Waals surface area contributed by atoms with Crippen LogP contribution in [0.5, 0.6) is 5.75 Å². The minimum absolute atomic E-state index is 0.148. The van der Waals surface area contributed by atoms with Crippen LogP contribution in [0.2, 0.25) is 0 Å². The molecule has 1 heterocycles. The van der Waals surface area contributed by atoms with Crippen molar-refractivity contribution in [1.82, 2.24) is 0 Å². The van der Waals surface area contributed by atoms with Crippen LogP contribution in [0.4, 0.5) is 14.5 Å². The molecule has 4 heteroatoms. The third kappa shape index (κ3) is 1.32. The van der Waals surface area contributed by atoms with Crippen molar-refractivity contribution < 1.29 is 13.5 Å². The number of hydrogen-bond acceptors (Lipinski definition) is 2. The Kier molecular flexibility index (Phi) is 1.83. The van der Waals surface area contributed by atoms with Gasteiger partial charge >= 0.3 is 0 Å². The fraction of sp³-hybridized carbons (Fsp3) is 0.333. The zero-order valence-corrected chi connectivity index (χ0v) is 7.18. The molecule has 0 radical (unpaired) electrons. The van der Waals surface area contributed by atoms with Crippen LogP contribution in [-0.4, -0.2) is 20.2 Å². The van der Waals surface area contributed by atoms with Gasteiger partial charge in [0.2, 0.25) is 0 Å². The molecule has 1 aliphatic rings. The number of ether oxygens (including phenoxy) is 1. The molecule has 1 aliphatic heterocycles. The number of rotatable bonds is 0. The molecule has 0 unspecified atom stereocenters. The fourth-order valence-corrected chi connectivity index (χ4v) is 1.38. The largest absolute Gasteiger partial charge is 0.486 e. The van der Waals surface area contributed by atoms with E-state index in [1.807, 2.05) is 0 Å². The van der Waals surface area contributed by atoms with E-state index < -0.39 is 11.6 Å². The fourth-order valence-electron chi connectivity index (χ4n) is 1.38. The van der Waals surface area contributed by atoms with Gasteiger partial charge < -0.3 is 9.64 Å². The van der Waals surface area contributed by atoms with Crippen molar-refractivity contribution in [2.24, 2.45) is 0 Å². The molecular formula is C9H9F2NO. The maximum atomic E-state index is 13.1. The topological polar surface area (TPSA) is 12.5 Å². The molecule has 0 N–H and O–H groups in total. The predicted octanol–water partition coefficient (Wildman–Crippen LogP) is 1.79. The second-order valence-corrected chi connectivity index (χ2v) is 3.01. The van der Waals surface area contributed by atoms with Crippen molar-refractivity contribution in [2.75, 3.05) is 25.1 Å². The molecule has 0 aromatic heterocycles. The molecule has 2 rings (SSSR count). The Labute approximate surface area is 74.7 Å². The van der Waals surface area contributed by atoms with Crippen LogP contribution in [0.25, 0.3) is 0 Å². The summed E-state index contributed by atoms with van der Waals surface area (Å²) in [5.74, 6) is -1.06. The molecule has 0 saturated carbocycles. The second-order valence-electron chi connectivity index (χ2n) is 3.01. The summed E-state index contributed by atoms with van der Waals surface area (Å²) in [6, 6.07) is 2.11. The molecule has 2 nitrogen and oxygen atoms in total. The first kappa shape index (κ1) is 8.29. The highest BCUT2D eigenvalue weighted by molar-refractivity contribution is 5.60. The first-order chi connectivity index (χ1) is 6.18. The Balaban J connectivity index is 2.56. The molecule has 0 fully saturated rings. The Morgan fingerprint density at radius 1 is 1.38 bits per heavy atom. The minimum Gasteiger partial charge on any atom is -0.486 e. The van der Waals surface area contributed by atoms with Gasteiger partial charge in [0.15, 0.2) is 11.6 Å². The summed E-state index contributed by atoms with van der Waals surface area (Å²) in [5.41, 5.74) is 0.476. The van der Waals surface area contributed by atoms with Crippen LogP contribution in [0, 0.1) is 11.6 Å². The van der Waals surface area contributed by atoms with E-state index in [9.17, 15) is 8.78 Å². The molecule has 1 aromatic rings. The van der Waals surface area contributed by atoms with Crippen molar-refractivity contribution in [1.29, 1.82) is 0 Å². The van der Waals surface area contributed by atoms with Crippen molar-refractivity contribution in [2.45, 2.75) is 0 Å². The Morgan fingerprint density at radius 2 is 2.15 bits per heavy atom. The number of fused-ring (bicyclic) bond motifs is 1. The monoisotopic (exact) mass is 185 g/mol. The second kappa shape index (κ2) is 2.87. The van der Waals surface area contributed by atoms with Gasteiger partial charge in [-0.25, -0.2) is 8.78 Å². The van der Waals surface area contributed by atoms with Gasteiger partial charge in [-0.3, -0.25) is 0 Å². The van der Waals surface area contributed by atoms with Crippen LogP contribution in [-0.2, 0) is 0 Å². The Morgan fingerprint density at radius 3 is 2.92 bits per heavy atom. The third-order valence-electron chi connectivity index (χ3n) is 2.07. The highest BCUT2D eigenvalue weighted by Crippen LogP contribution is 2.33. The summed E-state index contributed by atoms with van der Waals surface area (Å²) in [5, 5.41) is 0. The van der Waals surface area contributed by atoms with E-state index in [1.165, 1.54) is 6.07 Å². The normalized spacial score (nSPS) is 15.2. The molecule has 0 bridgehead atoms. The molecule has 13 heavy (non-hydrogen) atoms. The van der Waals surface area contributed by atoms with Gasteiger partial charge in [-0.1, -0.05) is 0 Å². The Hall–Kier alpha value is -1.32. The first-order valence-corrected chi connectivity index (χ1v) is 4.01. The summed E-state index contributed by atoms with van der Waals surface area (Å²) < 4.78 is 31.0. The maximum absolute atomic E-state index is 13.1. The van der Waals surface area contributed by atoms with Crippen LogP contribution in [0.15, 0.2) is 12.1 Å². The molecule has 0 amide bonds. The highest BCUT2D eigenvalue weighted by atomic mass is 19.1. The number of likely N-dealkylation sites (N-methyl/N-ethyl adjacent to an activating group) is 1. The lowest BCUT2D eigenvalue weighted by Gasteiger charge is -2.27. The molecule has 0 spiro atoms. The number of benzene rings is 1. The van der Waals surface area contributed by atoms with Gasteiger partial charge in [0.25, 0.3) is 0 Å². The summed E-state index contributed by atoms with van der Waals surface area (Å²) in [6.45, 7) is 1.09. The lowest BCUT2D eigenvalue weighted by Crippen LogP contribution is -2.29. The predicted molar refractivity (Wildman–Crippen MR) is 45.1 cm³/mol. The molecular weight excluding hydrogens is 176 g/mol. The van der Waals surface area contributed by atoms with Crippen molar-refractivity contribution in [3.8, 4) is 5.75 Å². The average molecular weight is 185 g/mol. The van der Waals surface area contributed by atoms with E-state index >= 15 is 0 Å². The molecule has 0 aliphatic carbocycles. The minimum atomic E-state index is -0.637. The smallest absolute Gasteiger partial charge is 0.178 e. The quantitative estimate of drug-likeness (QED) is 0.611. The lowest BCUT2D eigenvalue weighted by atomic mass is 10.2. The van der Waals surface area contributed by atoms with E-state index in [1.54, 1.807) is 11.9 Å². The van der Waals surface area contributed by atoms with E-state index in [4.69, 9.17) is 4.74 Å². The molecule has 0 atom stereocenters. The van der Waals surface area contributed by atoms with Gasteiger partial charge in [0.1, 0.15) is 12.4 Å². The van der Waals surface area contributed by atoms with Crippen LogP contribution < -0.4 is 9.64 Å². The van der Waals surface area contributed by atoms with Gasteiger partial charge in [0, 0.05) is 19.2 Å². The van der Waals surface area contributed by atoms with Crippen molar-refractivity contribution in [3.63, 3.8) is 0 Å². The molecule has 70 valence electrons. The summed E-state index contributed by atoms with van der Waals surface area (Å²) >= 11 is 0. The number of hydrogen-bond donors (Lipinski definition) is 0. The van der Waals surface area contributed by atoms with Gasteiger partial charge in [-0.15, -0.1) is 0 Å². The van der Waals surface area contributed by atoms with E-state index in [2.05, 4.69) is 0 Å². The summed E-state index contributed by atoms with van der Waals surface area (Å²) in [6.07, 6.45) is 0. The lowest BCUT2D eigenvalue weighted by molar-refractivity contribution is 0.293. The first-order valence-electron chi connectivity index (χ1n) is 4.01. The highest BCUT2D eigenvalue weighted by Gasteiger charge is 2.19. The van der Waals surface area contributed by atoms with E-state index in [-0.39, 0.29) is 5.75 Å². The summed E-state index contributed by atoms with van der Waals surface area (Å²) in [7, 11) is 1.78. The zero-order chi connectivity index (χ0) is 9.42. The Bertz CT molecular complexity index is 341. The van der Waals surface area contributed by atoms with Gasteiger partial charge in [-0.2, -0.15) is 0 Å². The van der Waals surface area contributed by atoms with Gasteiger partial charge in [-0.05, 0) is 0 Å². The third-order valence-corrected chi connectivity index (χ3v) is 2.07. The number of nitrogens with zero attached hydrogens (tertiary/aromatic N) is 1. The van der Waals surface area contributed by atoms with E-state index in [0.29, 0.717) is 18.8 Å². The van der Waals surface area contributed by atoms with Gasteiger partial charge in [0.05, 0.1) is 12.2 Å². The van der Waals surface area contributed by atoms with Crippen molar-refractivity contribution >= 4 is 5.69 Å². The van der Waals surface area contributed by atoms with E-state index in [0.717, 1.165) is 6.07 Å². The van der Waals surface area contributed by atoms with Crippen LogP contribution in [0.3, 0.4) is 0 Å². The number of halogens is 2. The van der Waals surface area contributed by atoms with Crippen LogP contribution in [0.1, 0.15) is 0 Å². The maximum Gasteiger partial charge on any atom is 0.178 e. The molecule has 1 aromatic carbocycles. The summed E-state index contributed by atoms with van der Waals surface area (Å²) in [4.78, 5) is 1.77. The average Bonchev–Trinajstić information content (AvgIpc) is 2.07. The van der Waals surface area contributed by atoms with Crippen molar-refractivity contribution in [3.05, 3.63) is 23.8 Å². The SMILES string of the molecule is CN1CCOc2c(F)cc(F)cc21.